The van der Waals surface area contributed by atoms with Crippen molar-refractivity contribution >= 4 is 5.78 Å². The molecule has 4 nitrogen and oxygen atoms in total. The number of aliphatic hydroxyl groups excluding tert-OH is 3. The normalized spacial score (nSPS) is 29.8. The molecule has 0 heterocycles. The maximum Gasteiger partial charge on any atom is 0.133 e. The molecule has 0 radical (unpaired) electrons. The molecule has 188 valence electrons. The fourth-order valence-corrected chi connectivity index (χ4v) is 5.43. The van der Waals surface area contributed by atoms with Gasteiger partial charge in [-0.2, -0.15) is 0 Å². The highest BCUT2D eigenvalue weighted by molar-refractivity contribution is 5.79. The number of allylic oxidation sites excluding steroid dienone is 2. The SMILES string of the molecule is CCCCC[C@H](O)/C=C/[C@@H]1[C@@H](C/C=C\CCCC(=O)CC2CC2c2ccccc2)[C@@H](O)C[C@H]1O. The minimum absolute atomic E-state index is 0.0308. The third kappa shape index (κ3) is 8.48. The molecule has 2 fully saturated rings. The first-order chi connectivity index (χ1) is 16.5. The van der Waals surface area contributed by atoms with Crippen molar-refractivity contribution in [1.29, 1.82) is 0 Å². The zero-order valence-electron chi connectivity index (χ0n) is 20.8. The highest BCUT2D eigenvalue weighted by atomic mass is 16.3. The third-order valence-electron chi connectivity index (χ3n) is 7.62. The summed E-state index contributed by atoms with van der Waals surface area (Å²) in [4.78, 5) is 12.3. The van der Waals surface area contributed by atoms with Crippen LogP contribution >= 0.6 is 0 Å². The fourth-order valence-electron chi connectivity index (χ4n) is 5.43. The number of unbranched alkanes of at least 4 members (excludes halogenated alkanes) is 3. The first-order valence-corrected chi connectivity index (χ1v) is 13.4. The zero-order valence-corrected chi connectivity index (χ0v) is 20.8. The number of carbonyl (C=O) groups excluding carboxylic acids is 1. The van der Waals surface area contributed by atoms with Crippen LogP contribution in [0.2, 0.25) is 0 Å². The number of rotatable bonds is 15. The van der Waals surface area contributed by atoms with E-state index in [-0.39, 0.29) is 11.8 Å². The fraction of sp³-hybridized carbons (Fsp3) is 0.633. The van der Waals surface area contributed by atoms with Crippen molar-refractivity contribution in [1.82, 2.24) is 0 Å². The summed E-state index contributed by atoms with van der Waals surface area (Å²) < 4.78 is 0. The second-order valence-electron chi connectivity index (χ2n) is 10.4. The Hall–Kier alpha value is -1.75. The molecule has 0 spiro atoms. The van der Waals surface area contributed by atoms with Crippen LogP contribution in [0.4, 0.5) is 0 Å². The highest BCUT2D eigenvalue weighted by Crippen LogP contribution is 2.49. The number of hydrogen-bond acceptors (Lipinski definition) is 4. The lowest BCUT2D eigenvalue weighted by atomic mass is 9.89. The molecule has 4 heteroatoms. The van der Waals surface area contributed by atoms with Gasteiger partial charge in [0.15, 0.2) is 0 Å². The van der Waals surface area contributed by atoms with E-state index >= 15 is 0 Å². The summed E-state index contributed by atoms with van der Waals surface area (Å²) in [6, 6.07) is 10.5. The average molecular weight is 469 g/mol. The summed E-state index contributed by atoms with van der Waals surface area (Å²) in [6.45, 7) is 2.14. The molecule has 34 heavy (non-hydrogen) atoms. The number of Topliss-reactive ketones (excluding diaryl/α,β-unsaturated/α-hetero) is 1. The van der Waals surface area contributed by atoms with Crippen molar-refractivity contribution in [3.8, 4) is 0 Å². The first-order valence-electron chi connectivity index (χ1n) is 13.4. The van der Waals surface area contributed by atoms with Gasteiger partial charge in [0.1, 0.15) is 5.78 Å². The molecule has 0 saturated heterocycles. The monoisotopic (exact) mass is 468 g/mol. The molecule has 2 unspecified atom stereocenters. The van der Waals surface area contributed by atoms with Crippen molar-refractivity contribution in [3.05, 3.63) is 60.2 Å². The number of ketones is 1. The Bertz CT molecular complexity index is 786. The highest BCUT2D eigenvalue weighted by Gasteiger charge is 2.40. The first kappa shape index (κ1) is 26.8. The van der Waals surface area contributed by atoms with E-state index in [4.69, 9.17) is 0 Å². The van der Waals surface area contributed by atoms with Gasteiger partial charge in [-0.25, -0.2) is 0 Å². The Balaban J connectivity index is 1.33. The predicted molar refractivity (Wildman–Crippen MR) is 137 cm³/mol. The summed E-state index contributed by atoms with van der Waals surface area (Å²) in [5, 5.41) is 30.9. The van der Waals surface area contributed by atoms with E-state index in [0.717, 1.165) is 44.9 Å². The van der Waals surface area contributed by atoms with E-state index in [1.165, 1.54) is 5.56 Å². The van der Waals surface area contributed by atoms with Gasteiger partial charge in [0.2, 0.25) is 0 Å². The van der Waals surface area contributed by atoms with Crippen LogP contribution in [-0.4, -0.2) is 39.4 Å². The van der Waals surface area contributed by atoms with Crippen LogP contribution in [0.5, 0.6) is 0 Å². The van der Waals surface area contributed by atoms with Gasteiger partial charge in [-0.15, -0.1) is 0 Å². The van der Waals surface area contributed by atoms with Crippen molar-refractivity contribution in [3.63, 3.8) is 0 Å². The Labute approximate surface area is 205 Å². The van der Waals surface area contributed by atoms with Crippen molar-refractivity contribution < 1.29 is 20.1 Å². The van der Waals surface area contributed by atoms with E-state index in [9.17, 15) is 20.1 Å². The molecule has 0 aliphatic heterocycles. The van der Waals surface area contributed by atoms with Gasteiger partial charge < -0.3 is 15.3 Å². The summed E-state index contributed by atoms with van der Waals surface area (Å²) in [5.74, 6) is 1.30. The lowest BCUT2D eigenvalue weighted by Crippen LogP contribution is -2.20. The molecule has 2 aliphatic rings. The lowest BCUT2D eigenvalue weighted by Gasteiger charge is -2.19. The quantitative estimate of drug-likeness (QED) is 0.227. The maximum atomic E-state index is 12.3. The molecule has 7 atom stereocenters. The van der Waals surface area contributed by atoms with E-state index in [1.54, 1.807) is 6.08 Å². The van der Waals surface area contributed by atoms with E-state index < -0.39 is 18.3 Å². The molecule has 3 N–H and O–H groups in total. The second-order valence-corrected chi connectivity index (χ2v) is 10.4. The Kier molecular flexibility index (Phi) is 11.0. The third-order valence-corrected chi connectivity index (χ3v) is 7.62. The molecule has 2 aliphatic carbocycles. The lowest BCUT2D eigenvalue weighted by molar-refractivity contribution is -0.119. The Morgan fingerprint density at radius 3 is 2.62 bits per heavy atom. The van der Waals surface area contributed by atoms with Gasteiger partial charge >= 0.3 is 0 Å². The number of carbonyl (C=O) groups is 1. The molecule has 1 aromatic rings. The smallest absolute Gasteiger partial charge is 0.133 e. The average Bonchev–Trinajstić information content (AvgIpc) is 3.53. The van der Waals surface area contributed by atoms with Gasteiger partial charge in [0.25, 0.3) is 0 Å². The van der Waals surface area contributed by atoms with Crippen LogP contribution in [0.25, 0.3) is 0 Å². The van der Waals surface area contributed by atoms with Crippen molar-refractivity contribution in [2.45, 2.75) is 102 Å². The zero-order chi connectivity index (χ0) is 24.3. The van der Waals surface area contributed by atoms with Crippen LogP contribution in [0.15, 0.2) is 54.6 Å². The van der Waals surface area contributed by atoms with Crippen molar-refractivity contribution in [2.75, 3.05) is 0 Å². The summed E-state index contributed by atoms with van der Waals surface area (Å²) >= 11 is 0. The van der Waals surface area contributed by atoms with Crippen LogP contribution in [0, 0.1) is 17.8 Å². The van der Waals surface area contributed by atoms with Gasteiger partial charge in [-0.1, -0.05) is 80.8 Å². The van der Waals surface area contributed by atoms with Gasteiger partial charge in [-0.3, -0.25) is 4.79 Å². The Morgan fingerprint density at radius 1 is 1.06 bits per heavy atom. The molecule has 0 aromatic heterocycles. The van der Waals surface area contributed by atoms with E-state index in [2.05, 4.69) is 43.3 Å². The van der Waals surface area contributed by atoms with Gasteiger partial charge in [0.05, 0.1) is 18.3 Å². The molecule has 0 amide bonds. The maximum absolute atomic E-state index is 12.3. The van der Waals surface area contributed by atoms with Crippen LogP contribution < -0.4 is 0 Å². The number of hydrogen-bond donors (Lipinski definition) is 3. The molecule has 0 bridgehead atoms. The molecule has 1 aromatic carbocycles. The summed E-state index contributed by atoms with van der Waals surface area (Å²) in [6.07, 6.45) is 15.6. The minimum atomic E-state index is -0.563. The van der Waals surface area contributed by atoms with Crippen LogP contribution in [0.1, 0.15) is 89.0 Å². The topological polar surface area (TPSA) is 77.8 Å². The Morgan fingerprint density at radius 2 is 1.85 bits per heavy atom. The second kappa shape index (κ2) is 14.0. The molecule has 3 rings (SSSR count). The molecular formula is C30H44O4. The largest absolute Gasteiger partial charge is 0.393 e. The van der Waals surface area contributed by atoms with Gasteiger partial charge in [0, 0.05) is 25.2 Å². The van der Waals surface area contributed by atoms with Crippen LogP contribution in [0.3, 0.4) is 0 Å². The van der Waals surface area contributed by atoms with Crippen LogP contribution in [-0.2, 0) is 4.79 Å². The van der Waals surface area contributed by atoms with Crippen molar-refractivity contribution in [2.24, 2.45) is 17.8 Å². The molecular weight excluding hydrogens is 424 g/mol. The number of aliphatic hydroxyl groups is 3. The standard InChI is InChI=1S/C30H44O4/c1-2-3-7-14-24(31)17-18-27-26(29(33)21-30(27)34)16-11-5-4-10-15-25(32)19-23-20-28(23)22-12-8-6-9-13-22/h5-6,8-9,11-13,17-18,23-24,26-31,33-34H,2-4,7,10,14-16,19-21H2,1H3/b11-5-,18-17+/t23?,24-,26+,27+,28?,29-,30+/m0/s1. The van der Waals surface area contributed by atoms with E-state index in [0.29, 0.717) is 43.3 Å². The summed E-state index contributed by atoms with van der Waals surface area (Å²) in [7, 11) is 0. The predicted octanol–water partition coefficient (Wildman–Crippen LogP) is 5.72. The summed E-state index contributed by atoms with van der Waals surface area (Å²) in [5.41, 5.74) is 1.36. The minimum Gasteiger partial charge on any atom is -0.393 e. The van der Waals surface area contributed by atoms with Gasteiger partial charge in [-0.05, 0) is 55.4 Å². The number of benzene rings is 1. The molecule has 2 saturated carbocycles. The van der Waals surface area contributed by atoms with E-state index in [1.807, 2.05) is 12.1 Å².